The van der Waals surface area contributed by atoms with Gasteiger partial charge in [0.15, 0.2) is 5.11 Å². The van der Waals surface area contributed by atoms with Crippen LogP contribution in [0.2, 0.25) is 0 Å². The number of amides is 3. The van der Waals surface area contributed by atoms with Crippen LogP contribution >= 0.6 is 12.2 Å². The highest BCUT2D eigenvalue weighted by Gasteiger charge is 2.35. The minimum absolute atomic E-state index is 0.0134. The molecule has 0 saturated carbocycles. The Morgan fingerprint density at radius 2 is 1.91 bits per heavy atom. The molecule has 1 fully saturated rings. The van der Waals surface area contributed by atoms with Gasteiger partial charge in [-0.15, -0.1) is 0 Å². The van der Waals surface area contributed by atoms with Gasteiger partial charge in [-0.25, -0.2) is 0 Å². The van der Waals surface area contributed by atoms with Gasteiger partial charge in [0.05, 0.1) is 7.11 Å². The third-order valence-electron chi connectivity index (χ3n) is 5.35. The SMILES string of the molecule is CC[C@H](C)N1C(=O)/C(=C/c2ccc(OC)c(COc3ccc(NC(C)=O)cc3)c2)C(=O)NC1=S. The molecule has 0 bridgehead atoms. The van der Waals surface area contributed by atoms with Crippen molar-refractivity contribution in [1.29, 1.82) is 0 Å². The molecule has 3 rings (SSSR count). The topological polar surface area (TPSA) is 97.0 Å². The van der Waals surface area contributed by atoms with Gasteiger partial charge in [0.2, 0.25) is 5.91 Å². The van der Waals surface area contributed by atoms with Crippen LogP contribution in [-0.2, 0) is 21.0 Å². The number of rotatable bonds is 8. The second-order valence-corrected chi connectivity index (χ2v) is 8.20. The summed E-state index contributed by atoms with van der Waals surface area (Å²) >= 11 is 5.20. The summed E-state index contributed by atoms with van der Waals surface area (Å²) in [5.74, 6) is 0.125. The summed E-state index contributed by atoms with van der Waals surface area (Å²) < 4.78 is 11.3. The van der Waals surface area contributed by atoms with Gasteiger partial charge < -0.3 is 14.8 Å². The van der Waals surface area contributed by atoms with Crippen molar-refractivity contribution in [1.82, 2.24) is 10.2 Å². The first-order valence-electron chi connectivity index (χ1n) is 10.8. The van der Waals surface area contributed by atoms with Crippen LogP contribution in [0.5, 0.6) is 11.5 Å². The lowest BCUT2D eigenvalue weighted by atomic mass is 10.0. The summed E-state index contributed by atoms with van der Waals surface area (Å²) in [7, 11) is 1.56. The van der Waals surface area contributed by atoms with Crippen molar-refractivity contribution < 1.29 is 23.9 Å². The van der Waals surface area contributed by atoms with Gasteiger partial charge in [-0.1, -0.05) is 13.0 Å². The van der Waals surface area contributed by atoms with Crippen molar-refractivity contribution in [2.45, 2.75) is 39.8 Å². The Kier molecular flexibility index (Phi) is 8.01. The lowest BCUT2D eigenvalue weighted by Gasteiger charge is -2.33. The quantitative estimate of drug-likeness (QED) is 0.339. The van der Waals surface area contributed by atoms with Crippen LogP contribution < -0.4 is 20.1 Å². The maximum atomic E-state index is 13.0. The number of benzene rings is 2. The van der Waals surface area contributed by atoms with Crippen molar-refractivity contribution in [3.05, 3.63) is 59.2 Å². The number of hydrogen-bond acceptors (Lipinski definition) is 6. The summed E-state index contributed by atoms with van der Waals surface area (Å²) in [6, 6.07) is 12.2. The lowest BCUT2D eigenvalue weighted by molar-refractivity contribution is -0.130. The average molecular weight is 482 g/mol. The molecule has 2 aromatic rings. The number of ether oxygens (including phenoxy) is 2. The zero-order valence-corrected chi connectivity index (χ0v) is 20.3. The summed E-state index contributed by atoms with van der Waals surface area (Å²) in [6.45, 7) is 5.47. The number of thiocarbonyl (C=S) groups is 1. The van der Waals surface area contributed by atoms with E-state index < -0.39 is 11.8 Å². The fourth-order valence-corrected chi connectivity index (χ4v) is 3.78. The summed E-state index contributed by atoms with van der Waals surface area (Å²) in [5.41, 5.74) is 2.07. The molecule has 0 aliphatic carbocycles. The minimum Gasteiger partial charge on any atom is -0.496 e. The molecule has 1 aliphatic heterocycles. The Bertz CT molecular complexity index is 1140. The maximum Gasteiger partial charge on any atom is 0.265 e. The van der Waals surface area contributed by atoms with Crippen molar-refractivity contribution >= 4 is 46.8 Å². The first kappa shape index (κ1) is 24.9. The van der Waals surface area contributed by atoms with Crippen LogP contribution in [-0.4, -0.2) is 40.9 Å². The number of carbonyl (C=O) groups excluding carboxylic acids is 3. The molecular weight excluding hydrogens is 454 g/mol. The first-order valence-corrected chi connectivity index (χ1v) is 11.2. The zero-order chi connectivity index (χ0) is 24.8. The first-order chi connectivity index (χ1) is 16.2. The van der Waals surface area contributed by atoms with E-state index in [9.17, 15) is 14.4 Å². The number of anilines is 1. The monoisotopic (exact) mass is 481 g/mol. The highest BCUT2D eigenvalue weighted by atomic mass is 32.1. The molecule has 1 atom stereocenters. The number of nitrogens with zero attached hydrogens (tertiary/aromatic N) is 1. The van der Waals surface area contributed by atoms with Gasteiger partial charge >= 0.3 is 0 Å². The van der Waals surface area contributed by atoms with Gasteiger partial charge in [0, 0.05) is 24.2 Å². The van der Waals surface area contributed by atoms with E-state index >= 15 is 0 Å². The van der Waals surface area contributed by atoms with E-state index in [1.807, 2.05) is 13.8 Å². The Balaban J connectivity index is 1.82. The molecule has 1 heterocycles. The molecule has 0 radical (unpaired) electrons. The number of nitrogens with one attached hydrogen (secondary N) is 2. The predicted molar refractivity (Wildman–Crippen MR) is 133 cm³/mol. The predicted octanol–water partition coefficient (Wildman–Crippen LogP) is 3.66. The van der Waals surface area contributed by atoms with E-state index in [1.54, 1.807) is 55.7 Å². The molecule has 2 N–H and O–H groups in total. The van der Waals surface area contributed by atoms with Crippen molar-refractivity contribution in [3.63, 3.8) is 0 Å². The zero-order valence-electron chi connectivity index (χ0n) is 19.5. The van der Waals surface area contributed by atoms with Crippen LogP contribution in [0.1, 0.15) is 38.3 Å². The van der Waals surface area contributed by atoms with E-state index in [0.717, 1.165) is 5.56 Å². The van der Waals surface area contributed by atoms with Crippen LogP contribution in [0.25, 0.3) is 6.08 Å². The number of carbonyl (C=O) groups is 3. The van der Waals surface area contributed by atoms with Crippen LogP contribution in [0.4, 0.5) is 5.69 Å². The van der Waals surface area contributed by atoms with E-state index in [4.69, 9.17) is 21.7 Å². The molecule has 1 aliphatic rings. The maximum absolute atomic E-state index is 13.0. The van der Waals surface area contributed by atoms with E-state index in [2.05, 4.69) is 10.6 Å². The molecule has 178 valence electrons. The molecule has 1 saturated heterocycles. The van der Waals surface area contributed by atoms with Gasteiger partial charge in [0.25, 0.3) is 11.8 Å². The van der Waals surface area contributed by atoms with Crippen LogP contribution in [0, 0.1) is 0 Å². The summed E-state index contributed by atoms with van der Waals surface area (Å²) in [6.07, 6.45) is 2.24. The number of methoxy groups -OCH3 is 1. The molecule has 34 heavy (non-hydrogen) atoms. The highest BCUT2D eigenvalue weighted by molar-refractivity contribution is 7.80. The molecule has 0 spiro atoms. The molecule has 9 heteroatoms. The fourth-order valence-electron chi connectivity index (χ4n) is 3.42. The summed E-state index contributed by atoms with van der Waals surface area (Å²) in [5, 5.41) is 5.42. The van der Waals surface area contributed by atoms with E-state index in [-0.39, 0.29) is 29.2 Å². The third kappa shape index (κ3) is 5.79. The Labute approximate surface area is 203 Å². The second-order valence-electron chi connectivity index (χ2n) is 7.82. The third-order valence-corrected chi connectivity index (χ3v) is 5.65. The van der Waals surface area contributed by atoms with Gasteiger partial charge in [-0.05, 0) is 73.6 Å². The fraction of sp³-hybridized carbons (Fsp3) is 0.280. The molecular formula is C25H27N3O5S. The Hall–Kier alpha value is -3.72. The lowest BCUT2D eigenvalue weighted by Crippen LogP contribution is -2.56. The Morgan fingerprint density at radius 3 is 2.53 bits per heavy atom. The smallest absolute Gasteiger partial charge is 0.265 e. The van der Waals surface area contributed by atoms with Gasteiger partial charge in [0.1, 0.15) is 23.7 Å². The minimum atomic E-state index is -0.526. The molecule has 0 unspecified atom stereocenters. The van der Waals surface area contributed by atoms with Gasteiger partial charge in [-0.2, -0.15) is 0 Å². The Morgan fingerprint density at radius 1 is 1.21 bits per heavy atom. The normalized spacial score (nSPS) is 15.7. The average Bonchev–Trinajstić information content (AvgIpc) is 2.80. The highest BCUT2D eigenvalue weighted by Crippen LogP contribution is 2.25. The van der Waals surface area contributed by atoms with Crippen LogP contribution in [0.15, 0.2) is 48.0 Å². The largest absolute Gasteiger partial charge is 0.496 e. The van der Waals surface area contributed by atoms with Crippen molar-refractivity contribution in [2.24, 2.45) is 0 Å². The standard InChI is InChI=1S/C25H27N3O5S/c1-5-15(2)28-24(31)21(23(30)27-25(28)34)13-17-6-11-22(32-4)18(12-17)14-33-20-9-7-19(8-10-20)26-16(3)29/h6-13,15H,5,14H2,1-4H3,(H,26,29)(H,27,30,34)/b21-13+/t15-/m0/s1. The molecule has 8 nitrogen and oxygen atoms in total. The van der Waals surface area contributed by atoms with Crippen molar-refractivity contribution in [2.75, 3.05) is 12.4 Å². The molecule has 3 amide bonds. The van der Waals surface area contributed by atoms with E-state index in [0.29, 0.717) is 29.2 Å². The molecule has 2 aromatic carbocycles. The molecule has 0 aromatic heterocycles. The van der Waals surface area contributed by atoms with E-state index in [1.165, 1.54) is 11.8 Å². The van der Waals surface area contributed by atoms with Crippen LogP contribution in [0.3, 0.4) is 0 Å². The number of hydrogen-bond donors (Lipinski definition) is 2. The van der Waals surface area contributed by atoms with Crippen molar-refractivity contribution in [3.8, 4) is 11.5 Å². The van der Waals surface area contributed by atoms with Gasteiger partial charge in [-0.3, -0.25) is 24.6 Å². The summed E-state index contributed by atoms with van der Waals surface area (Å²) in [4.78, 5) is 38.1. The second kappa shape index (κ2) is 10.9.